The Bertz CT molecular complexity index is 1970. The summed E-state index contributed by atoms with van der Waals surface area (Å²) in [7, 11) is 3.30. The average molecular weight is 704 g/mol. The molecule has 1 unspecified atom stereocenters. The number of alkyl halides is 3. The zero-order valence-electron chi connectivity index (χ0n) is 26.8. The van der Waals surface area contributed by atoms with Gasteiger partial charge in [-0.05, 0) is 56.5 Å². The minimum absolute atomic E-state index is 0.0120. The number of carbonyl (C=O) groups excluding carboxylic acids is 1. The molecule has 16 heteroatoms. The molecule has 5 heterocycles. The largest absolute Gasteiger partial charge is 0.461 e. The Kier molecular flexibility index (Phi) is 8.38. The lowest BCUT2D eigenvalue weighted by Crippen LogP contribution is -2.43. The maximum absolute atomic E-state index is 16.9. The fourth-order valence-corrected chi connectivity index (χ4v) is 8.35. The molecule has 3 aliphatic heterocycles. The van der Waals surface area contributed by atoms with Crippen LogP contribution in [0.4, 0.5) is 32.9 Å². The second-order valence-corrected chi connectivity index (χ2v) is 13.9. The molecule has 1 amide bonds. The van der Waals surface area contributed by atoms with Crippen LogP contribution in [0.3, 0.4) is 0 Å². The molecule has 260 valence electrons. The lowest BCUT2D eigenvalue weighted by atomic mass is 9.94. The second kappa shape index (κ2) is 12.3. The van der Waals surface area contributed by atoms with Crippen molar-refractivity contribution in [3.05, 3.63) is 48.1 Å². The number of carbonyl (C=O) groups is 1. The highest BCUT2D eigenvalue weighted by molar-refractivity contribution is 7.22. The van der Waals surface area contributed by atoms with Gasteiger partial charge in [0.2, 0.25) is 5.91 Å². The molecule has 3 fully saturated rings. The van der Waals surface area contributed by atoms with Crippen molar-refractivity contribution >= 4 is 49.3 Å². The number of nitrogens with two attached hydrogens (primary N) is 1. The summed E-state index contributed by atoms with van der Waals surface area (Å²) in [6.45, 7) is 5.96. The Morgan fingerprint density at radius 1 is 1.20 bits per heavy atom. The molecular weight excluding hydrogens is 669 g/mol. The normalized spacial score (nSPS) is 22.7. The first-order valence-corrected chi connectivity index (χ1v) is 16.7. The van der Waals surface area contributed by atoms with Crippen LogP contribution >= 0.6 is 11.3 Å². The number of ether oxygens (including phenoxy) is 2. The minimum Gasteiger partial charge on any atom is -0.461 e. The number of hydrogen-bond donors (Lipinski definition) is 1. The van der Waals surface area contributed by atoms with Crippen molar-refractivity contribution in [1.29, 1.82) is 0 Å². The number of fused-ring (bicyclic) bond motifs is 3. The zero-order valence-corrected chi connectivity index (χ0v) is 27.6. The van der Waals surface area contributed by atoms with Gasteiger partial charge < -0.3 is 25.0 Å². The number of benzene rings is 2. The molecule has 4 aromatic rings. The molecule has 2 aromatic carbocycles. The van der Waals surface area contributed by atoms with Crippen molar-refractivity contribution in [3.63, 3.8) is 0 Å². The summed E-state index contributed by atoms with van der Waals surface area (Å²) in [5.74, 6) is -2.30. The lowest BCUT2D eigenvalue weighted by molar-refractivity contribution is -0.137. The Morgan fingerprint density at radius 2 is 2.00 bits per heavy atom. The number of amides is 1. The van der Waals surface area contributed by atoms with Gasteiger partial charge in [0.25, 0.3) is 0 Å². The van der Waals surface area contributed by atoms with Gasteiger partial charge in [-0.3, -0.25) is 9.69 Å². The van der Waals surface area contributed by atoms with E-state index in [9.17, 15) is 22.4 Å². The molecule has 3 aliphatic rings. The summed E-state index contributed by atoms with van der Waals surface area (Å²) in [5, 5.41) is -0.282. The van der Waals surface area contributed by atoms with E-state index in [-0.39, 0.29) is 74.9 Å². The topological polar surface area (TPSA) is 110 Å². The van der Waals surface area contributed by atoms with Crippen LogP contribution in [0.15, 0.2) is 30.9 Å². The van der Waals surface area contributed by atoms with Gasteiger partial charge in [0, 0.05) is 56.3 Å². The minimum atomic E-state index is -5.04. The Labute approximate surface area is 282 Å². The summed E-state index contributed by atoms with van der Waals surface area (Å²) in [5.41, 5.74) is 2.43. The summed E-state index contributed by atoms with van der Waals surface area (Å²) >= 11 is 0.753. The third kappa shape index (κ3) is 5.72. The van der Waals surface area contributed by atoms with Gasteiger partial charge >= 0.3 is 12.2 Å². The number of methoxy groups -OCH3 is 1. The van der Waals surface area contributed by atoms with Gasteiger partial charge in [0.05, 0.1) is 27.4 Å². The van der Waals surface area contributed by atoms with Crippen molar-refractivity contribution in [1.82, 2.24) is 24.8 Å². The van der Waals surface area contributed by atoms with Crippen LogP contribution < -0.4 is 15.4 Å². The van der Waals surface area contributed by atoms with E-state index in [1.807, 2.05) is 0 Å². The standard InChI is InChI=1S/C33H34F5N7O3S/c1-4-23(46)44-11-8-17(14-44)43(2)29-20-12-21(33(36,37)38)24(19-6-7-22(34)28-27(19)40-30(39)49-28)25(35)26(20)41-31(42-29)48-16-32-9-5-10-45(32)15-18(13-32)47-3/h4,6-7,12,17-18H,1,5,8-11,13-16H2,2-3H3,(H2,39,40)/t17-,18-,32?/m1/s1. The number of rotatable bonds is 8. The summed E-state index contributed by atoms with van der Waals surface area (Å²) in [4.78, 5) is 30.9. The molecule has 7 rings (SSSR count). The number of anilines is 2. The van der Waals surface area contributed by atoms with E-state index in [1.54, 1.807) is 24.0 Å². The van der Waals surface area contributed by atoms with Crippen molar-refractivity contribution in [2.75, 3.05) is 57.6 Å². The molecule has 10 nitrogen and oxygen atoms in total. The van der Waals surface area contributed by atoms with Crippen molar-refractivity contribution in [2.45, 2.75) is 49.5 Å². The zero-order chi connectivity index (χ0) is 34.8. The van der Waals surface area contributed by atoms with Crippen LogP contribution in [0, 0.1) is 11.6 Å². The molecule has 2 N–H and O–H groups in total. The summed E-state index contributed by atoms with van der Waals surface area (Å²) < 4.78 is 88.0. The van der Waals surface area contributed by atoms with Gasteiger partial charge in [-0.1, -0.05) is 17.9 Å². The molecular formula is C33H34F5N7O3S. The van der Waals surface area contributed by atoms with Gasteiger partial charge in [0.15, 0.2) is 10.9 Å². The predicted molar refractivity (Wildman–Crippen MR) is 176 cm³/mol. The Morgan fingerprint density at radius 3 is 2.73 bits per heavy atom. The third-order valence-corrected chi connectivity index (χ3v) is 11.0. The second-order valence-electron chi connectivity index (χ2n) is 12.8. The van der Waals surface area contributed by atoms with E-state index in [0.717, 1.165) is 55.5 Å². The quantitative estimate of drug-likeness (QED) is 0.184. The van der Waals surface area contributed by atoms with E-state index in [0.29, 0.717) is 19.4 Å². The predicted octanol–water partition coefficient (Wildman–Crippen LogP) is 5.64. The van der Waals surface area contributed by atoms with Crippen molar-refractivity contribution in [2.24, 2.45) is 0 Å². The number of aromatic nitrogens is 3. The number of nitrogen functional groups attached to an aromatic ring is 1. The number of thiazole rings is 1. The summed E-state index contributed by atoms with van der Waals surface area (Å²) in [6, 6.07) is 2.27. The molecule has 49 heavy (non-hydrogen) atoms. The number of likely N-dealkylation sites (N-methyl/N-ethyl adjacent to an activating group) is 1. The smallest absolute Gasteiger partial charge is 0.417 e. The molecule has 3 atom stereocenters. The van der Waals surface area contributed by atoms with Gasteiger partial charge in [-0.25, -0.2) is 13.8 Å². The van der Waals surface area contributed by atoms with Crippen LogP contribution in [0.25, 0.3) is 32.2 Å². The molecule has 0 radical (unpaired) electrons. The highest BCUT2D eigenvalue weighted by Gasteiger charge is 2.49. The fraction of sp³-hybridized carbons (Fsp3) is 0.455. The van der Waals surface area contributed by atoms with E-state index in [1.165, 1.54) is 6.08 Å². The third-order valence-electron chi connectivity index (χ3n) is 10.1. The van der Waals surface area contributed by atoms with Gasteiger partial charge in [-0.15, -0.1) is 0 Å². The Hall–Kier alpha value is -4.15. The highest BCUT2D eigenvalue weighted by Crippen LogP contribution is 2.46. The maximum Gasteiger partial charge on any atom is 0.417 e. The van der Waals surface area contributed by atoms with E-state index in [4.69, 9.17) is 15.2 Å². The first kappa shape index (κ1) is 33.4. The van der Waals surface area contributed by atoms with Crippen LogP contribution in [0.1, 0.15) is 31.2 Å². The maximum atomic E-state index is 16.9. The van der Waals surface area contributed by atoms with Crippen LogP contribution in [0.5, 0.6) is 6.01 Å². The number of halogens is 5. The van der Waals surface area contributed by atoms with Crippen molar-refractivity contribution < 1.29 is 36.2 Å². The van der Waals surface area contributed by atoms with Gasteiger partial charge in [-0.2, -0.15) is 23.1 Å². The molecule has 3 saturated heterocycles. The number of nitrogens with zero attached hydrogens (tertiary/aromatic N) is 6. The van der Waals surface area contributed by atoms with E-state index in [2.05, 4.69) is 26.4 Å². The number of likely N-dealkylation sites (tertiary alicyclic amines) is 1. The number of hydrogen-bond acceptors (Lipinski definition) is 10. The molecule has 0 spiro atoms. The monoisotopic (exact) mass is 703 g/mol. The van der Waals surface area contributed by atoms with E-state index >= 15 is 4.39 Å². The fourth-order valence-electron chi connectivity index (χ4n) is 7.59. The summed E-state index contributed by atoms with van der Waals surface area (Å²) in [6.07, 6.45) is -0.827. The lowest BCUT2D eigenvalue weighted by Gasteiger charge is -2.31. The van der Waals surface area contributed by atoms with E-state index < -0.39 is 34.5 Å². The molecule has 0 bridgehead atoms. The molecule has 0 aliphatic carbocycles. The highest BCUT2D eigenvalue weighted by atomic mass is 32.1. The average Bonchev–Trinajstić information content (AvgIpc) is 3.86. The Balaban J connectivity index is 1.40. The van der Waals surface area contributed by atoms with Gasteiger partial charge in [0.1, 0.15) is 23.8 Å². The van der Waals surface area contributed by atoms with Crippen LogP contribution in [-0.4, -0.2) is 95.3 Å². The SMILES string of the molecule is C=CC(=O)N1CC[C@@H](N(C)c2nc(OCC34CCCN3C[C@H](OC)C4)nc3c(F)c(-c4ccc(F)c5sc(N)nc45)c(C(F)(F)F)cc23)C1. The van der Waals surface area contributed by atoms with Crippen LogP contribution in [0.2, 0.25) is 0 Å². The first-order valence-electron chi connectivity index (χ1n) is 15.8. The van der Waals surface area contributed by atoms with Crippen molar-refractivity contribution in [3.8, 4) is 17.1 Å². The molecule has 0 saturated carbocycles. The first-order chi connectivity index (χ1) is 23.3. The molecule has 2 aromatic heterocycles. The van der Waals surface area contributed by atoms with Crippen LogP contribution in [-0.2, 0) is 15.7 Å².